The third-order valence-corrected chi connectivity index (χ3v) is 4.69. The summed E-state index contributed by atoms with van der Waals surface area (Å²) in [4.78, 5) is 33.9. The van der Waals surface area contributed by atoms with Crippen LogP contribution in [-0.4, -0.2) is 27.9 Å². The molecule has 0 saturated heterocycles. The maximum atomic E-state index is 12.5. The van der Waals surface area contributed by atoms with Crippen molar-refractivity contribution >= 4 is 28.6 Å². The van der Waals surface area contributed by atoms with E-state index in [9.17, 15) is 9.59 Å². The smallest absolute Gasteiger partial charge is 0.338 e. The number of anilines is 1. The van der Waals surface area contributed by atoms with Crippen molar-refractivity contribution in [3.05, 3.63) is 64.5 Å². The van der Waals surface area contributed by atoms with Gasteiger partial charge in [0.2, 0.25) is 0 Å². The Hall–Kier alpha value is -3.28. The Kier molecular flexibility index (Phi) is 5.40. The van der Waals surface area contributed by atoms with Gasteiger partial charge in [0.25, 0.3) is 5.91 Å². The molecule has 3 rings (SSSR count). The fraction of sp³-hybridized carbons (Fsp3) is 0.273. The molecular weight excluding hydrogens is 354 g/mol. The topological polar surface area (TPSA) is 81.2 Å². The monoisotopic (exact) mass is 377 g/mol. The summed E-state index contributed by atoms with van der Waals surface area (Å²) in [5.74, 6) is -0.955. The lowest BCUT2D eigenvalue weighted by molar-refractivity contribution is -0.123. The summed E-state index contributed by atoms with van der Waals surface area (Å²) in [6.45, 7) is 9.14. The molecule has 2 aromatic carbocycles. The largest absolute Gasteiger partial charge is 0.449 e. The summed E-state index contributed by atoms with van der Waals surface area (Å²) in [6, 6.07) is 10.7. The van der Waals surface area contributed by atoms with E-state index in [2.05, 4.69) is 15.3 Å². The molecule has 28 heavy (non-hydrogen) atoms. The minimum absolute atomic E-state index is 0.330. The molecule has 0 aliphatic rings. The van der Waals surface area contributed by atoms with Gasteiger partial charge in [-0.3, -0.25) is 4.79 Å². The molecule has 1 aromatic heterocycles. The predicted molar refractivity (Wildman–Crippen MR) is 108 cm³/mol. The number of aryl methyl sites for hydroxylation is 4. The molecule has 6 nitrogen and oxygen atoms in total. The Morgan fingerprint density at radius 2 is 1.54 bits per heavy atom. The summed E-state index contributed by atoms with van der Waals surface area (Å²) >= 11 is 0. The third-order valence-electron chi connectivity index (χ3n) is 4.69. The first-order valence-electron chi connectivity index (χ1n) is 9.09. The number of benzene rings is 2. The third kappa shape index (κ3) is 4.01. The highest BCUT2D eigenvalue weighted by Gasteiger charge is 2.20. The number of hydrogen-bond donors (Lipinski definition) is 1. The van der Waals surface area contributed by atoms with E-state index >= 15 is 0 Å². The second-order valence-corrected chi connectivity index (χ2v) is 6.90. The van der Waals surface area contributed by atoms with E-state index in [0.29, 0.717) is 16.6 Å². The van der Waals surface area contributed by atoms with Crippen molar-refractivity contribution < 1.29 is 14.3 Å². The van der Waals surface area contributed by atoms with Crippen LogP contribution in [0.25, 0.3) is 11.0 Å². The molecule has 0 fully saturated rings. The van der Waals surface area contributed by atoms with E-state index in [-0.39, 0.29) is 5.91 Å². The molecule has 1 N–H and O–H groups in total. The van der Waals surface area contributed by atoms with Crippen LogP contribution < -0.4 is 5.32 Å². The maximum Gasteiger partial charge on any atom is 0.338 e. The zero-order valence-electron chi connectivity index (χ0n) is 16.7. The fourth-order valence-electron chi connectivity index (χ4n) is 2.88. The quantitative estimate of drug-likeness (QED) is 0.694. The van der Waals surface area contributed by atoms with Crippen LogP contribution in [0.3, 0.4) is 0 Å². The lowest BCUT2D eigenvalue weighted by Crippen LogP contribution is -2.30. The molecule has 0 radical (unpaired) electrons. The molecule has 0 spiro atoms. The molecule has 0 aliphatic carbocycles. The predicted octanol–water partition coefficient (Wildman–Crippen LogP) is 4.05. The van der Waals surface area contributed by atoms with Crippen LogP contribution in [0.4, 0.5) is 5.69 Å². The van der Waals surface area contributed by atoms with Gasteiger partial charge in [0.05, 0.1) is 28.0 Å². The fourth-order valence-corrected chi connectivity index (χ4v) is 2.88. The standard InChI is InChI=1S/C22H23N3O3/c1-12-7-6-8-13(2)20(12)25-21(26)16(5)28-22(27)17-9-10-18-19(11-17)24-15(4)14(3)23-18/h6-11,16H,1-5H3,(H,25,26)/t16-/m1/s1. The van der Waals surface area contributed by atoms with Gasteiger partial charge in [0, 0.05) is 5.69 Å². The zero-order chi connectivity index (χ0) is 20.4. The Morgan fingerprint density at radius 1 is 0.929 bits per heavy atom. The van der Waals surface area contributed by atoms with Crippen molar-refractivity contribution in [2.45, 2.75) is 40.7 Å². The number of ether oxygens (including phenoxy) is 1. The van der Waals surface area contributed by atoms with Gasteiger partial charge in [-0.1, -0.05) is 18.2 Å². The van der Waals surface area contributed by atoms with Gasteiger partial charge in [-0.2, -0.15) is 0 Å². The summed E-state index contributed by atoms with van der Waals surface area (Å²) < 4.78 is 5.35. The molecule has 3 aromatic rings. The SMILES string of the molecule is Cc1cccc(C)c1NC(=O)[C@@H](C)OC(=O)c1ccc2nc(C)c(C)nc2c1. The lowest BCUT2D eigenvalue weighted by atomic mass is 10.1. The summed E-state index contributed by atoms with van der Waals surface area (Å²) in [6.07, 6.45) is -0.937. The molecular formula is C22H23N3O3. The summed E-state index contributed by atoms with van der Waals surface area (Å²) in [7, 11) is 0. The van der Waals surface area contributed by atoms with Crippen molar-refractivity contribution in [2.24, 2.45) is 0 Å². The average molecular weight is 377 g/mol. The number of para-hydroxylation sites is 1. The Bertz CT molecular complexity index is 1060. The molecule has 0 unspecified atom stereocenters. The minimum Gasteiger partial charge on any atom is -0.449 e. The van der Waals surface area contributed by atoms with Crippen molar-refractivity contribution in [2.75, 3.05) is 5.32 Å². The van der Waals surface area contributed by atoms with Crippen LogP contribution in [-0.2, 0) is 9.53 Å². The lowest BCUT2D eigenvalue weighted by Gasteiger charge is -2.16. The molecule has 144 valence electrons. The number of carbonyl (C=O) groups excluding carboxylic acids is 2. The first-order chi connectivity index (χ1) is 13.3. The minimum atomic E-state index is -0.937. The summed E-state index contributed by atoms with van der Waals surface area (Å²) in [5.41, 5.74) is 5.94. The average Bonchev–Trinajstić information content (AvgIpc) is 2.65. The normalized spacial score (nSPS) is 11.9. The highest BCUT2D eigenvalue weighted by molar-refractivity contribution is 5.99. The zero-order valence-corrected chi connectivity index (χ0v) is 16.7. The highest BCUT2D eigenvalue weighted by Crippen LogP contribution is 2.20. The number of esters is 1. The van der Waals surface area contributed by atoms with E-state index in [1.807, 2.05) is 45.9 Å². The number of hydrogen-bond acceptors (Lipinski definition) is 5. The number of nitrogens with one attached hydrogen (secondary N) is 1. The van der Waals surface area contributed by atoms with Gasteiger partial charge in [-0.05, 0) is 63.9 Å². The number of rotatable bonds is 4. The number of amides is 1. The van der Waals surface area contributed by atoms with Crippen LogP contribution in [0.1, 0.15) is 39.8 Å². The van der Waals surface area contributed by atoms with Crippen molar-refractivity contribution in [1.82, 2.24) is 9.97 Å². The van der Waals surface area contributed by atoms with E-state index in [1.54, 1.807) is 25.1 Å². The van der Waals surface area contributed by atoms with Crippen LogP contribution >= 0.6 is 0 Å². The number of carbonyl (C=O) groups is 2. The van der Waals surface area contributed by atoms with Gasteiger partial charge in [-0.15, -0.1) is 0 Å². The molecule has 0 saturated carbocycles. The molecule has 1 atom stereocenters. The number of fused-ring (bicyclic) bond motifs is 1. The van der Waals surface area contributed by atoms with Gasteiger partial charge in [0.15, 0.2) is 6.10 Å². The van der Waals surface area contributed by atoms with E-state index in [4.69, 9.17) is 4.74 Å². The number of aromatic nitrogens is 2. The van der Waals surface area contributed by atoms with Crippen LogP contribution in [0.5, 0.6) is 0 Å². The second-order valence-electron chi connectivity index (χ2n) is 6.90. The molecule has 1 heterocycles. The van der Waals surface area contributed by atoms with Crippen LogP contribution in [0.15, 0.2) is 36.4 Å². The Labute approximate surface area is 164 Å². The van der Waals surface area contributed by atoms with E-state index < -0.39 is 12.1 Å². The molecule has 6 heteroatoms. The Balaban J connectivity index is 1.74. The Morgan fingerprint density at radius 3 is 2.18 bits per heavy atom. The van der Waals surface area contributed by atoms with Crippen LogP contribution in [0.2, 0.25) is 0 Å². The van der Waals surface area contributed by atoms with Gasteiger partial charge >= 0.3 is 5.97 Å². The number of nitrogens with zero attached hydrogens (tertiary/aromatic N) is 2. The maximum absolute atomic E-state index is 12.5. The van der Waals surface area contributed by atoms with Crippen LogP contribution in [0, 0.1) is 27.7 Å². The molecule has 1 amide bonds. The second kappa shape index (κ2) is 7.76. The van der Waals surface area contributed by atoms with Crippen molar-refractivity contribution in [1.29, 1.82) is 0 Å². The molecule has 0 bridgehead atoms. The van der Waals surface area contributed by atoms with Gasteiger partial charge in [-0.25, -0.2) is 14.8 Å². The van der Waals surface area contributed by atoms with Crippen molar-refractivity contribution in [3.63, 3.8) is 0 Å². The highest BCUT2D eigenvalue weighted by atomic mass is 16.5. The van der Waals surface area contributed by atoms with Gasteiger partial charge < -0.3 is 10.1 Å². The van der Waals surface area contributed by atoms with E-state index in [0.717, 1.165) is 28.2 Å². The van der Waals surface area contributed by atoms with Gasteiger partial charge in [0.1, 0.15) is 0 Å². The van der Waals surface area contributed by atoms with E-state index in [1.165, 1.54) is 0 Å². The first-order valence-corrected chi connectivity index (χ1v) is 9.09. The molecule has 0 aliphatic heterocycles. The first kappa shape index (κ1) is 19.5. The summed E-state index contributed by atoms with van der Waals surface area (Å²) in [5, 5.41) is 2.84. The van der Waals surface area contributed by atoms with Crippen molar-refractivity contribution in [3.8, 4) is 0 Å².